The number of ketones is 1. The molecule has 2 heteroatoms. The average molecular weight is 311 g/mol. The Hall–Kier alpha value is -0.240. The summed E-state index contributed by atoms with van der Waals surface area (Å²) < 4.78 is 0. The summed E-state index contributed by atoms with van der Waals surface area (Å²) in [5, 5.41) is 0.466. The Morgan fingerprint density at radius 3 is 2.67 bits per heavy atom. The molecule has 0 aromatic rings. The SMILES string of the molecule is CCCCCCSC(C)CC(=O)[C@H]1[C@H](C)C=CCC1(C)C. The summed E-state index contributed by atoms with van der Waals surface area (Å²) in [5.41, 5.74) is 0.122. The van der Waals surface area contributed by atoms with Gasteiger partial charge in [-0.15, -0.1) is 0 Å². The number of unbranched alkanes of at least 4 members (excludes halogenated alkanes) is 3. The predicted molar refractivity (Wildman–Crippen MR) is 95.9 cm³/mol. The van der Waals surface area contributed by atoms with Gasteiger partial charge in [0.15, 0.2) is 0 Å². The first-order chi connectivity index (χ1) is 9.88. The average Bonchev–Trinajstić information content (AvgIpc) is 2.37. The third-order valence-corrected chi connectivity index (χ3v) is 5.95. The fourth-order valence-corrected chi connectivity index (χ4v) is 4.60. The van der Waals surface area contributed by atoms with E-state index < -0.39 is 0 Å². The molecular weight excluding hydrogens is 276 g/mol. The van der Waals surface area contributed by atoms with E-state index in [-0.39, 0.29) is 11.3 Å². The zero-order valence-electron chi connectivity index (χ0n) is 14.7. The number of allylic oxidation sites excluding steroid dienone is 2. The molecule has 0 saturated heterocycles. The molecule has 0 amide bonds. The molecule has 1 unspecified atom stereocenters. The van der Waals surface area contributed by atoms with Crippen molar-refractivity contribution >= 4 is 17.5 Å². The quantitative estimate of drug-likeness (QED) is 0.390. The molecule has 0 aliphatic heterocycles. The molecule has 0 heterocycles. The third-order valence-electron chi connectivity index (χ3n) is 4.69. The van der Waals surface area contributed by atoms with E-state index in [1.165, 1.54) is 31.4 Å². The number of thioether (sulfide) groups is 1. The second kappa shape index (κ2) is 9.02. The van der Waals surface area contributed by atoms with Crippen LogP contribution in [-0.2, 0) is 4.79 Å². The van der Waals surface area contributed by atoms with E-state index in [1.54, 1.807) is 0 Å². The van der Waals surface area contributed by atoms with Gasteiger partial charge in [0.05, 0.1) is 0 Å². The zero-order chi connectivity index (χ0) is 15.9. The topological polar surface area (TPSA) is 17.1 Å². The van der Waals surface area contributed by atoms with E-state index in [0.717, 1.165) is 12.8 Å². The van der Waals surface area contributed by atoms with Crippen LogP contribution in [0.2, 0.25) is 0 Å². The molecule has 0 bridgehead atoms. The zero-order valence-corrected chi connectivity index (χ0v) is 15.5. The van der Waals surface area contributed by atoms with Gasteiger partial charge in [0.2, 0.25) is 0 Å². The van der Waals surface area contributed by atoms with E-state index in [4.69, 9.17) is 0 Å². The Labute approximate surface area is 136 Å². The van der Waals surface area contributed by atoms with Gasteiger partial charge in [0, 0.05) is 17.6 Å². The molecule has 0 aromatic heterocycles. The maximum Gasteiger partial charge on any atom is 0.138 e. The van der Waals surface area contributed by atoms with Gasteiger partial charge >= 0.3 is 0 Å². The molecule has 3 atom stereocenters. The maximum absolute atomic E-state index is 12.7. The highest BCUT2D eigenvalue weighted by Crippen LogP contribution is 2.42. The first-order valence-electron chi connectivity index (χ1n) is 8.69. The second-order valence-electron chi connectivity index (χ2n) is 7.37. The summed E-state index contributed by atoms with van der Waals surface area (Å²) in [7, 11) is 0. The molecule has 122 valence electrons. The minimum Gasteiger partial charge on any atom is -0.299 e. The number of carbonyl (C=O) groups excluding carboxylic acids is 1. The molecule has 1 nitrogen and oxygen atoms in total. The maximum atomic E-state index is 12.7. The van der Waals surface area contributed by atoms with Crippen molar-refractivity contribution in [3.8, 4) is 0 Å². The van der Waals surface area contributed by atoms with Crippen LogP contribution in [0.15, 0.2) is 12.2 Å². The fraction of sp³-hybridized carbons (Fsp3) is 0.842. The van der Waals surface area contributed by atoms with Crippen LogP contribution in [0.4, 0.5) is 0 Å². The normalized spacial score (nSPS) is 25.8. The van der Waals surface area contributed by atoms with Crippen LogP contribution in [0, 0.1) is 17.3 Å². The van der Waals surface area contributed by atoms with Crippen LogP contribution in [0.3, 0.4) is 0 Å². The van der Waals surface area contributed by atoms with Gasteiger partial charge in [-0.25, -0.2) is 0 Å². The van der Waals surface area contributed by atoms with Crippen molar-refractivity contribution in [3.05, 3.63) is 12.2 Å². The van der Waals surface area contributed by atoms with Crippen molar-refractivity contribution in [3.63, 3.8) is 0 Å². The summed E-state index contributed by atoms with van der Waals surface area (Å²) >= 11 is 1.98. The lowest BCUT2D eigenvalue weighted by atomic mass is 9.65. The molecule has 0 fully saturated rings. The van der Waals surface area contributed by atoms with Crippen LogP contribution >= 0.6 is 11.8 Å². The van der Waals surface area contributed by atoms with Crippen molar-refractivity contribution in [1.82, 2.24) is 0 Å². The van der Waals surface area contributed by atoms with Crippen molar-refractivity contribution in [2.75, 3.05) is 5.75 Å². The van der Waals surface area contributed by atoms with Gasteiger partial charge in [-0.2, -0.15) is 11.8 Å². The molecule has 0 N–H and O–H groups in total. The summed E-state index contributed by atoms with van der Waals surface area (Å²) in [5.74, 6) is 2.27. The lowest BCUT2D eigenvalue weighted by molar-refractivity contribution is -0.128. The summed E-state index contributed by atoms with van der Waals surface area (Å²) in [6.45, 7) is 11.2. The molecule has 21 heavy (non-hydrogen) atoms. The second-order valence-corrected chi connectivity index (χ2v) is 8.92. The Morgan fingerprint density at radius 1 is 1.33 bits per heavy atom. The highest BCUT2D eigenvalue weighted by molar-refractivity contribution is 7.99. The van der Waals surface area contributed by atoms with Crippen LogP contribution in [0.25, 0.3) is 0 Å². The van der Waals surface area contributed by atoms with Crippen LogP contribution in [0.5, 0.6) is 0 Å². The number of carbonyl (C=O) groups is 1. The molecule has 0 spiro atoms. The molecule has 0 aromatic carbocycles. The van der Waals surface area contributed by atoms with E-state index >= 15 is 0 Å². The standard InChI is InChI=1S/C19H34OS/c1-6-7-8-9-13-21-16(3)14-17(20)18-15(2)11-10-12-19(18,4)5/h10-11,15-16,18H,6-9,12-14H2,1-5H3/t15-,16?,18-/m1/s1. The number of hydrogen-bond acceptors (Lipinski definition) is 2. The van der Waals surface area contributed by atoms with Gasteiger partial charge in [0.25, 0.3) is 0 Å². The lowest BCUT2D eigenvalue weighted by Crippen LogP contribution is -2.38. The highest BCUT2D eigenvalue weighted by atomic mass is 32.2. The Kier molecular flexibility index (Phi) is 8.08. The Morgan fingerprint density at radius 2 is 2.05 bits per heavy atom. The molecule has 1 aliphatic rings. The van der Waals surface area contributed by atoms with E-state index in [9.17, 15) is 4.79 Å². The third kappa shape index (κ3) is 6.18. The minimum atomic E-state index is 0.122. The molecular formula is C19H34OS. The highest BCUT2D eigenvalue weighted by Gasteiger charge is 2.39. The van der Waals surface area contributed by atoms with Crippen molar-refractivity contribution in [2.24, 2.45) is 17.3 Å². The summed E-state index contributed by atoms with van der Waals surface area (Å²) in [4.78, 5) is 12.7. The summed E-state index contributed by atoms with van der Waals surface area (Å²) in [6, 6.07) is 0. The van der Waals surface area contributed by atoms with Gasteiger partial charge in [-0.3, -0.25) is 4.79 Å². The van der Waals surface area contributed by atoms with E-state index in [0.29, 0.717) is 17.0 Å². The minimum absolute atomic E-state index is 0.122. The molecule has 1 aliphatic carbocycles. The molecule has 1 rings (SSSR count). The first-order valence-corrected chi connectivity index (χ1v) is 9.74. The lowest BCUT2D eigenvalue weighted by Gasteiger charge is -2.39. The Balaban J connectivity index is 2.39. The van der Waals surface area contributed by atoms with Crippen LogP contribution < -0.4 is 0 Å². The van der Waals surface area contributed by atoms with Crippen LogP contribution in [-0.4, -0.2) is 16.8 Å². The fourth-order valence-electron chi connectivity index (χ4n) is 3.55. The van der Waals surface area contributed by atoms with E-state index in [2.05, 4.69) is 46.8 Å². The summed E-state index contributed by atoms with van der Waals surface area (Å²) in [6.07, 6.45) is 11.5. The van der Waals surface area contributed by atoms with Gasteiger partial charge in [-0.1, -0.05) is 66.0 Å². The first kappa shape index (κ1) is 18.8. The smallest absolute Gasteiger partial charge is 0.138 e. The number of hydrogen-bond donors (Lipinski definition) is 0. The van der Waals surface area contributed by atoms with Gasteiger partial charge in [0.1, 0.15) is 5.78 Å². The van der Waals surface area contributed by atoms with Crippen molar-refractivity contribution < 1.29 is 4.79 Å². The Bertz CT molecular complexity index is 345. The number of rotatable bonds is 9. The monoisotopic (exact) mass is 310 g/mol. The number of Topliss-reactive ketones (excluding diaryl/α,β-unsaturated/α-hetero) is 1. The van der Waals surface area contributed by atoms with Gasteiger partial charge in [-0.05, 0) is 29.9 Å². The van der Waals surface area contributed by atoms with Crippen LogP contribution in [0.1, 0.15) is 73.1 Å². The van der Waals surface area contributed by atoms with E-state index in [1.807, 2.05) is 11.8 Å². The van der Waals surface area contributed by atoms with Gasteiger partial charge < -0.3 is 0 Å². The molecule has 0 saturated carbocycles. The molecule has 0 radical (unpaired) electrons. The predicted octanol–water partition coefficient (Wildman–Crippen LogP) is 5.89. The van der Waals surface area contributed by atoms with Crippen molar-refractivity contribution in [2.45, 2.75) is 78.4 Å². The van der Waals surface area contributed by atoms with Crippen molar-refractivity contribution in [1.29, 1.82) is 0 Å². The largest absolute Gasteiger partial charge is 0.299 e.